The Hall–Kier alpha value is -2.89. The summed E-state index contributed by atoms with van der Waals surface area (Å²) in [7, 11) is 0. The number of nitrogens with one attached hydrogen (secondary N) is 1. The van der Waals surface area contributed by atoms with E-state index in [-0.39, 0.29) is 12.1 Å². The Morgan fingerprint density at radius 2 is 1.56 bits per heavy atom. The molecule has 32 heavy (non-hydrogen) atoms. The molecule has 164 valence electrons. The number of alkyl halides is 3. The molecule has 0 saturated carbocycles. The van der Waals surface area contributed by atoms with Crippen LogP contribution in [0.15, 0.2) is 78.9 Å². The summed E-state index contributed by atoms with van der Waals surface area (Å²) in [5, 5.41) is 5.11. The zero-order valence-electron chi connectivity index (χ0n) is 17.6. The summed E-state index contributed by atoms with van der Waals surface area (Å²) in [6.45, 7) is 4.08. The summed E-state index contributed by atoms with van der Waals surface area (Å²) in [4.78, 5) is 4.81. The van der Waals surface area contributed by atoms with Crippen molar-refractivity contribution in [2.24, 2.45) is 0 Å². The molecular weight excluding hydrogens is 433 g/mol. The van der Waals surface area contributed by atoms with Gasteiger partial charge in [0.05, 0.1) is 16.8 Å². The fraction of sp³-hybridized carbons (Fsp3) is 0.192. The van der Waals surface area contributed by atoms with Gasteiger partial charge in [-0.25, -0.2) is 0 Å². The van der Waals surface area contributed by atoms with Gasteiger partial charge in [0.15, 0.2) is 0 Å². The molecule has 0 spiro atoms. The number of aromatic nitrogens is 1. The molecule has 3 aromatic carbocycles. The molecule has 2 atom stereocenters. The van der Waals surface area contributed by atoms with Crippen LogP contribution in [0.4, 0.5) is 13.2 Å². The van der Waals surface area contributed by atoms with E-state index in [1.807, 2.05) is 61.5 Å². The smallest absolute Gasteiger partial charge is 0.302 e. The monoisotopic (exact) mass is 454 g/mol. The van der Waals surface area contributed by atoms with Crippen LogP contribution < -0.4 is 5.32 Å². The first kappa shape index (κ1) is 22.3. The molecule has 4 aromatic rings. The minimum Gasteiger partial charge on any atom is -0.302 e. The third kappa shape index (κ3) is 4.79. The number of rotatable bonds is 5. The highest BCUT2D eigenvalue weighted by atomic mass is 35.5. The predicted molar refractivity (Wildman–Crippen MR) is 124 cm³/mol. The van der Waals surface area contributed by atoms with Gasteiger partial charge in [0.2, 0.25) is 0 Å². The topological polar surface area (TPSA) is 24.9 Å². The Labute approximate surface area is 190 Å². The first-order valence-corrected chi connectivity index (χ1v) is 10.7. The maximum absolute atomic E-state index is 13.0. The van der Waals surface area contributed by atoms with Crippen molar-refractivity contribution in [3.05, 3.63) is 101 Å². The maximum Gasteiger partial charge on any atom is 0.416 e. The van der Waals surface area contributed by atoms with Crippen molar-refractivity contribution in [3.63, 3.8) is 0 Å². The second kappa shape index (κ2) is 8.93. The van der Waals surface area contributed by atoms with E-state index in [1.54, 1.807) is 0 Å². The molecule has 2 nitrogen and oxygen atoms in total. The average molecular weight is 455 g/mol. The van der Waals surface area contributed by atoms with E-state index in [1.165, 1.54) is 12.1 Å². The Morgan fingerprint density at radius 3 is 2.25 bits per heavy atom. The fourth-order valence-electron chi connectivity index (χ4n) is 3.83. The molecule has 1 aromatic heterocycles. The van der Waals surface area contributed by atoms with Gasteiger partial charge in [0.1, 0.15) is 0 Å². The molecule has 0 saturated heterocycles. The number of hydrogen-bond donors (Lipinski definition) is 1. The summed E-state index contributed by atoms with van der Waals surface area (Å²) in [6.07, 6.45) is -4.36. The van der Waals surface area contributed by atoms with E-state index in [9.17, 15) is 13.2 Å². The third-order valence-corrected chi connectivity index (χ3v) is 5.79. The molecule has 1 unspecified atom stereocenters. The van der Waals surface area contributed by atoms with Crippen LogP contribution in [0, 0.1) is 0 Å². The number of fused-ring (bicyclic) bond motifs is 1. The van der Waals surface area contributed by atoms with Crippen LogP contribution in [0.25, 0.3) is 22.0 Å². The third-order valence-electron chi connectivity index (χ3n) is 5.55. The highest BCUT2D eigenvalue weighted by Crippen LogP contribution is 2.34. The van der Waals surface area contributed by atoms with E-state index in [2.05, 4.69) is 12.2 Å². The molecule has 0 radical (unpaired) electrons. The van der Waals surface area contributed by atoms with Crippen LogP contribution >= 0.6 is 11.6 Å². The van der Waals surface area contributed by atoms with Crippen LogP contribution in [-0.4, -0.2) is 4.98 Å². The number of hydrogen-bond acceptors (Lipinski definition) is 2. The molecule has 4 rings (SSSR count). The quantitative estimate of drug-likeness (QED) is 0.330. The predicted octanol–water partition coefficient (Wildman–Crippen LogP) is 7.99. The molecule has 0 amide bonds. The van der Waals surface area contributed by atoms with Gasteiger partial charge < -0.3 is 5.32 Å². The number of pyridine rings is 1. The SMILES string of the molecule is CC(N[C@H](C)c1cccc(Cl)c1)c1cc(-c2ccc(C(F)(F)F)cc2)c2ccccc2n1. The van der Waals surface area contributed by atoms with Crippen molar-refractivity contribution in [1.29, 1.82) is 0 Å². The summed E-state index contributed by atoms with van der Waals surface area (Å²) in [5.74, 6) is 0. The zero-order valence-corrected chi connectivity index (χ0v) is 18.4. The lowest BCUT2D eigenvalue weighted by molar-refractivity contribution is -0.137. The van der Waals surface area contributed by atoms with Crippen LogP contribution in [0.1, 0.15) is 42.8 Å². The van der Waals surface area contributed by atoms with Crippen molar-refractivity contribution in [1.82, 2.24) is 10.3 Å². The first-order valence-electron chi connectivity index (χ1n) is 10.3. The molecule has 0 bridgehead atoms. The lowest BCUT2D eigenvalue weighted by Gasteiger charge is -2.21. The van der Waals surface area contributed by atoms with Crippen LogP contribution in [0.2, 0.25) is 5.02 Å². The van der Waals surface area contributed by atoms with Crippen LogP contribution in [0.5, 0.6) is 0 Å². The molecular formula is C26H22ClF3N2. The van der Waals surface area contributed by atoms with Gasteiger partial charge in [0, 0.05) is 22.5 Å². The standard InChI is InChI=1S/C26H22ClF3N2/c1-16(19-6-5-7-21(27)14-19)31-17(2)25-15-23(22-8-3-4-9-24(22)32-25)18-10-12-20(13-11-18)26(28,29)30/h3-17,31H,1-2H3/t16-,17?/m1/s1. The number of nitrogens with zero attached hydrogens (tertiary/aromatic N) is 1. The zero-order chi connectivity index (χ0) is 22.9. The molecule has 1 N–H and O–H groups in total. The van der Waals surface area contributed by atoms with Gasteiger partial charge >= 0.3 is 6.18 Å². The van der Waals surface area contributed by atoms with Gasteiger partial charge in [-0.2, -0.15) is 13.2 Å². The Bertz CT molecular complexity index is 1240. The van der Waals surface area contributed by atoms with Crippen molar-refractivity contribution < 1.29 is 13.2 Å². The average Bonchev–Trinajstić information content (AvgIpc) is 2.77. The van der Waals surface area contributed by atoms with Gasteiger partial charge in [-0.05, 0) is 66.9 Å². The fourth-order valence-corrected chi connectivity index (χ4v) is 4.03. The first-order chi connectivity index (χ1) is 15.2. The molecule has 0 aliphatic carbocycles. The summed E-state index contributed by atoms with van der Waals surface area (Å²) >= 11 is 6.13. The molecule has 6 heteroatoms. The lowest BCUT2D eigenvalue weighted by atomic mass is 9.97. The Morgan fingerprint density at radius 1 is 0.844 bits per heavy atom. The maximum atomic E-state index is 13.0. The van der Waals surface area contributed by atoms with Gasteiger partial charge in [0.25, 0.3) is 0 Å². The number of benzene rings is 3. The highest BCUT2D eigenvalue weighted by molar-refractivity contribution is 6.30. The van der Waals surface area contributed by atoms with Crippen molar-refractivity contribution in [2.75, 3.05) is 0 Å². The second-order valence-corrected chi connectivity index (χ2v) is 8.29. The Kier molecular flexibility index (Phi) is 6.22. The van der Waals surface area contributed by atoms with Crippen molar-refractivity contribution in [2.45, 2.75) is 32.1 Å². The van der Waals surface area contributed by atoms with Crippen LogP contribution in [-0.2, 0) is 6.18 Å². The largest absolute Gasteiger partial charge is 0.416 e. The lowest BCUT2D eigenvalue weighted by Crippen LogP contribution is -2.23. The van der Waals surface area contributed by atoms with Crippen LogP contribution in [0.3, 0.4) is 0 Å². The second-order valence-electron chi connectivity index (χ2n) is 7.85. The number of halogens is 4. The van der Waals surface area contributed by atoms with E-state index in [4.69, 9.17) is 16.6 Å². The molecule has 0 aliphatic heterocycles. The van der Waals surface area contributed by atoms with E-state index in [0.717, 1.165) is 39.9 Å². The van der Waals surface area contributed by atoms with Gasteiger partial charge in [-0.1, -0.05) is 54.1 Å². The summed E-state index contributed by atoms with van der Waals surface area (Å²) in [5.41, 5.74) is 3.58. The minimum absolute atomic E-state index is 0.0338. The molecule has 0 fully saturated rings. The van der Waals surface area contributed by atoms with Crippen molar-refractivity contribution >= 4 is 22.5 Å². The van der Waals surface area contributed by atoms with Gasteiger partial charge in [-0.15, -0.1) is 0 Å². The van der Waals surface area contributed by atoms with E-state index in [0.29, 0.717) is 10.6 Å². The summed E-state index contributed by atoms with van der Waals surface area (Å²) in [6, 6.07) is 22.5. The van der Waals surface area contributed by atoms with Crippen molar-refractivity contribution in [3.8, 4) is 11.1 Å². The highest BCUT2D eigenvalue weighted by Gasteiger charge is 2.30. The van der Waals surface area contributed by atoms with Gasteiger partial charge in [-0.3, -0.25) is 4.98 Å². The minimum atomic E-state index is -4.36. The molecule has 0 aliphatic rings. The van der Waals surface area contributed by atoms with E-state index >= 15 is 0 Å². The summed E-state index contributed by atoms with van der Waals surface area (Å²) < 4.78 is 39.0. The number of para-hydroxylation sites is 1. The Balaban J connectivity index is 1.70. The molecule has 1 heterocycles. The van der Waals surface area contributed by atoms with E-state index < -0.39 is 11.7 Å². The normalized spacial score (nSPS) is 13.8.